The zero-order valence-electron chi connectivity index (χ0n) is 16.1. The molecule has 0 bridgehead atoms. The zero-order chi connectivity index (χ0) is 22.2. The van der Waals surface area contributed by atoms with E-state index in [1.54, 1.807) is 12.1 Å². The lowest BCUT2D eigenvalue weighted by Gasteiger charge is -2.22. The number of benzene rings is 1. The summed E-state index contributed by atoms with van der Waals surface area (Å²) in [5.41, 5.74) is 0.243. The molecule has 1 aromatic carbocycles. The van der Waals surface area contributed by atoms with E-state index in [0.717, 1.165) is 4.31 Å². The van der Waals surface area contributed by atoms with Gasteiger partial charge in [0, 0.05) is 23.8 Å². The monoisotopic (exact) mass is 481 g/mol. The first-order valence-electron chi connectivity index (χ1n) is 9.37. The van der Waals surface area contributed by atoms with Gasteiger partial charge in [-0.25, -0.2) is 13.4 Å². The van der Waals surface area contributed by atoms with Crippen molar-refractivity contribution in [2.45, 2.75) is 30.4 Å². The Kier molecular flexibility index (Phi) is 6.02. The highest BCUT2D eigenvalue weighted by Gasteiger charge is 2.40. The van der Waals surface area contributed by atoms with Crippen molar-refractivity contribution >= 4 is 44.8 Å². The lowest BCUT2D eigenvalue weighted by Crippen LogP contribution is -2.41. The summed E-state index contributed by atoms with van der Waals surface area (Å²) in [6.45, 7) is -0.0421. The lowest BCUT2D eigenvalue weighted by molar-refractivity contribution is -0.148. The highest BCUT2D eigenvalue weighted by atomic mass is 35.5. The van der Waals surface area contributed by atoms with Crippen molar-refractivity contribution in [3.05, 3.63) is 74.8 Å². The minimum Gasteiger partial charge on any atom is -0.458 e. The standard InChI is InChI=1S/C20H17Cl2N3O5S/c21-13-3-6-16(7-4-13)31(28,29)25-9-1-2-17(25)20(27)30-12-15-10-19(26)24-11-14(22)5-8-18(24)23-15/h3-8,10-11,17H,1-2,9,12H2/t17-/m0/s1. The molecule has 162 valence electrons. The van der Waals surface area contributed by atoms with Gasteiger partial charge in [-0.1, -0.05) is 23.2 Å². The number of halogens is 2. The number of carbonyl (C=O) groups excluding carboxylic acids is 1. The molecule has 8 nitrogen and oxygen atoms in total. The van der Waals surface area contributed by atoms with Crippen molar-refractivity contribution in [3.63, 3.8) is 0 Å². The third-order valence-electron chi connectivity index (χ3n) is 4.93. The van der Waals surface area contributed by atoms with Gasteiger partial charge in [-0.15, -0.1) is 0 Å². The van der Waals surface area contributed by atoms with Gasteiger partial charge in [-0.3, -0.25) is 14.0 Å². The first-order chi connectivity index (χ1) is 14.8. The third-order valence-corrected chi connectivity index (χ3v) is 7.33. The van der Waals surface area contributed by atoms with Crippen LogP contribution in [0.5, 0.6) is 0 Å². The van der Waals surface area contributed by atoms with Crippen molar-refractivity contribution < 1.29 is 17.9 Å². The number of aromatic nitrogens is 2. The lowest BCUT2D eigenvalue weighted by atomic mass is 10.2. The summed E-state index contributed by atoms with van der Waals surface area (Å²) in [6.07, 6.45) is 2.32. The van der Waals surface area contributed by atoms with Gasteiger partial charge in [-0.05, 0) is 49.2 Å². The quantitative estimate of drug-likeness (QED) is 0.519. The normalized spacial score (nSPS) is 17.2. The predicted octanol–water partition coefficient (Wildman–Crippen LogP) is 2.90. The first-order valence-corrected chi connectivity index (χ1v) is 11.6. The number of nitrogens with zero attached hydrogens (tertiary/aromatic N) is 3. The molecular weight excluding hydrogens is 465 g/mol. The number of sulfonamides is 1. The van der Waals surface area contributed by atoms with Crippen LogP contribution in [0.25, 0.3) is 5.65 Å². The maximum absolute atomic E-state index is 13.0. The fourth-order valence-corrected chi connectivity index (χ4v) is 5.38. The van der Waals surface area contributed by atoms with Crippen molar-refractivity contribution in [1.82, 2.24) is 13.7 Å². The van der Waals surface area contributed by atoms with E-state index in [2.05, 4.69) is 4.98 Å². The van der Waals surface area contributed by atoms with Crippen molar-refractivity contribution in [3.8, 4) is 0 Å². The van der Waals surface area contributed by atoms with E-state index in [4.69, 9.17) is 27.9 Å². The summed E-state index contributed by atoms with van der Waals surface area (Å²) in [4.78, 5) is 29.3. The van der Waals surface area contributed by atoms with E-state index < -0.39 is 22.0 Å². The maximum atomic E-state index is 13.0. The Balaban J connectivity index is 1.50. The summed E-state index contributed by atoms with van der Waals surface area (Å²) in [7, 11) is -3.88. The van der Waals surface area contributed by atoms with Gasteiger partial charge in [0.1, 0.15) is 18.3 Å². The van der Waals surface area contributed by atoms with Crippen LogP contribution in [-0.4, -0.2) is 40.7 Å². The van der Waals surface area contributed by atoms with E-state index in [-0.39, 0.29) is 29.3 Å². The second-order valence-corrected chi connectivity index (χ2v) is 9.76. The second-order valence-electron chi connectivity index (χ2n) is 7.00. The number of carbonyl (C=O) groups is 1. The van der Waals surface area contributed by atoms with Gasteiger partial charge >= 0.3 is 5.97 Å². The highest BCUT2D eigenvalue weighted by Crippen LogP contribution is 2.27. The van der Waals surface area contributed by atoms with Crippen LogP contribution >= 0.6 is 23.2 Å². The van der Waals surface area contributed by atoms with E-state index in [1.165, 1.54) is 40.9 Å². The molecule has 0 aliphatic carbocycles. The van der Waals surface area contributed by atoms with Crippen LogP contribution in [0.3, 0.4) is 0 Å². The minimum absolute atomic E-state index is 0.0551. The van der Waals surface area contributed by atoms with Gasteiger partial charge in [0.25, 0.3) is 5.56 Å². The molecule has 31 heavy (non-hydrogen) atoms. The van der Waals surface area contributed by atoms with Gasteiger partial charge in [-0.2, -0.15) is 4.31 Å². The summed E-state index contributed by atoms with van der Waals surface area (Å²) in [5, 5.41) is 0.802. The van der Waals surface area contributed by atoms with E-state index >= 15 is 0 Å². The number of pyridine rings is 1. The van der Waals surface area contributed by atoms with Gasteiger partial charge in [0.05, 0.1) is 15.6 Å². The topological polar surface area (TPSA) is 98.1 Å². The average molecular weight is 482 g/mol. The molecule has 2 aromatic heterocycles. The van der Waals surface area contributed by atoms with Gasteiger partial charge in [0.15, 0.2) is 0 Å². The van der Waals surface area contributed by atoms with Crippen molar-refractivity contribution in [2.75, 3.05) is 6.54 Å². The predicted molar refractivity (Wildman–Crippen MR) is 115 cm³/mol. The fourth-order valence-electron chi connectivity index (χ4n) is 3.45. The Labute approximate surface area is 188 Å². The molecule has 0 unspecified atom stereocenters. The number of hydrogen-bond donors (Lipinski definition) is 0. The van der Waals surface area contributed by atoms with Gasteiger partial charge < -0.3 is 4.74 Å². The molecule has 1 fully saturated rings. The van der Waals surface area contributed by atoms with Crippen LogP contribution in [-0.2, 0) is 26.2 Å². The molecule has 0 N–H and O–H groups in total. The molecule has 0 spiro atoms. The molecule has 1 saturated heterocycles. The molecule has 0 radical (unpaired) electrons. The number of hydrogen-bond acceptors (Lipinski definition) is 6. The number of fused-ring (bicyclic) bond motifs is 1. The molecule has 1 atom stereocenters. The first kappa shape index (κ1) is 21.8. The zero-order valence-corrected chi connectivity index (χ0v) is 18.4. The number of rotatable bonds is 5. The summed E-state index contributed by atoms with van der Waals surface area (Å²) >= 11 is 11.7. The molecular formula is C20H17Cl2N3O5S. The Morgan fingerprint density at radius 1 is 1.13 bits per heavy atom. The second kappa shape index (κ2) is 8.58. The Morgan fingerprint density at radius 3 is 2.58 bits per heavy atom. The number of esters is 1. The van der Waals surface area contributed by atoms with E-state index in [1.807, 2.05) is 0 Å². The van der Waals surface area contributed by atoms with Crippen LogP contribution in [0, 0.1) is 0 Å². The molecule has 1 aliphatic rings. The smallest absolute Gasteiger partial charge is 0.324 e. The van der Waals surface area contributed by atoms with Crippen LogP contribution in [0.4, 0.5) is 0 Å². The molecule has 0 amide bonds. The summed E-state index contributed by atoms with van der Waals surface area (Å²) < 4.78 is 33.7. The van der Waals surface area contributed by atoms with Crippen LogP contribution in [0.15, 0.2) is 58.4 Å². The SMILES string of the molecule is O=C(OCc1cc(=O)n2cc(Cl)ccc2n1)[C@@H]1CCCN1S(=O)(=O)c1ccc(Cl)cc1. The highest BCUT2D eigenvalue weighted by molar-refractivity contribution is 7.89. The molecule has 3 aromatic rings. The third kappa shape index (κ3) is 4.45. The Morgan fingerprint density at radius 2 is 1.84 bits per heavy atom. The Hall–Kier alpha value is -2.46. The largest absolute Gasteiger partial charge is 0.458 e. The Bertz CT molecular complexity index is 1310. The molecule has 3 heterocycles. The molecule has 4 rings (SSSR count). The summed E-state index contributed by atoms with van der Waals surface area (Å²) in [5.74, 6) is -0.687. The van der Waals surface area contributed by atoms with E-state index in [9.17, 15) is 18.0 Å². The fraction of sp³-hybridized carbons (Fsp3) is 0.250. The van der Waals surface area contributed by atoms with Crippen LogP contribution in [0.1, 0.15) is 18.5 Å². The van der Waals surface area contributed by atoms with Crippen molar-refractivity contribution in [1.29, 1.82) is 0 Å². The number of ether oxygens (including phenoxy) is 1. The van der Waals surface area contributed by atoms with Gasteiger partial charge in [0.2, 0.25) is 10.0 Å². The van der Waals surface area contributed by atoms with E-state index in [0.29, 0.717) is 28.5 Å². The molecule has 1 aliphatic heterocycles. The average Bonchev–Trinajstić information content (AvgIpc) is 3.24. The maximum Gasteiger partial charge on any atom is 0.324 e. The molecule has 0 saturated carbocycles. The van der Waals surface area contributed by atoms with Crippen molar-refractivity contribution in [2.24, 2.45) is 0 Å². The van der Waals surface area contributed by atoms with Crippen LogP contribution in [0.2, 0.25) is 10.0 Å². The molecule has 11 heteroatoms. The summed E-state index contributed by atoms with van der Waals surface area (Å²) in [6, 6.07) is 9.23. The van der Waals surface area contributed by atoms with Crippen LogP contribution < -0.4 is 5.56 Å². The minimum atomic E-state index is -3.88.